The maximum Gasteiger partial charge on any atom is 0.407 e. The van der Waals surface area contributed by atoms with E-state index in [2.05, 4.69) is 0 Å². The first kappa shape index (κ1) is 13.5. The van der Waals surface area contributed by atoms with E-state index >= 15 is 0 Å². The number of hydrogen-bond donors (Lipinski definition) is 1. The fraction of sp³-hybridized carbons (Fsp3) is 0.364. The van der Waals surface area contributed by atoms with Crippen molar-refractivity contribution in [3.05, 3.63) is 35.4 Å². The zero-order chi connectivity index (χ0) is 13.1. The minimum absolute atomic E-state index is 0.0921. The summed E-state index contributed by atoms with van der Waals surface area (Å²) in [4.78, 5) is 11.2. The molecule has 0 unspecified atom stereocenters. The van der Waals surface area contributed by atoms with Crippen molar-refractivity contribution in [1.82, 2.24) is 0 Å². The molecule has 1 rings (SSSR count). The molecule has 3 nitrogen and oxygen atoms in total. The molecule has 1 aromatic rings. The van der Waals surface area contributed by atoms with Gasteiger partial charge in [-0.05, 0) is 24.6 Å². The Morgan fingerprint density at radius 3 is 2.29 bits per heavy atom. The van der Waals surface area contributed by atoms with Crippen molar-refractivity contribution in [2.45, 2.75) is 19.1 Å². The first-order chi connectivity index (χ1) is 7.86. The van der Waals surface area contributed by atoms with Crippen molar-refractivity contribution in [2.75, 3.05) is 6.61 Å². The van der Waals surface area contributed by atoms with Gasteiger partial charge in [0.15, 0.2) is 0 Å². The predicted octanol–water partition coefficient (Wildman–Crippen LogP) is 2.43. The van der Waals surface area contributed by atoms with Gasteiger partial charge in [0.1, 0.15) is 6.04 Å². The quantitative estimate of drug-likeness (QED) is 0.834. The number of benzene rings is 1. The summed E-state index contributed by atoms with van der Waals surface area (Å²) in [5.74, 6) is -0.570. The van der Waals surface area contributed by atoms with E-state index < -0.39 is 18.2 Å². The molecule has 0 aliphatic rings. The van der Waals surface area contributed by atoms with Crippen LogP contribution in [0.5, 0.6) is 0 Å². The van der Waals surface area contributed by atoms with Crippen LogP contribution >= 0.6 is 0 Å². The van der Waals surface area contributed by atoms with Gasteiger partial charge in [-0.25, -0.2) is 4.79 Å². The van der Waals surface area contributed by atoms with Crippen LogP contribution in [0.4, 0.5) is 13.2 Å². The highest BCUT2D eigenvalue weighted by atomic mass is 19.4. The molecule has 94 valence electrons. The maximum atomic E-state index is 12.3. The Morgan fingerprint density at radius 1 is 1.35 bits per heavy atom. The van der Waals surface area contributed by atoms with Crippen molar-refractivity contribution in [3.8, 4) is 0 Å². The Balaban J connectivity index is 2.85. The van der Waals surface area contributed by atoms with Crippen LogP contribution in [-0.4, -0.2) is 18.8 Å². The van der Waals surface area contributed by atoms with Gasteiger partial charge in [-0.2, -0.15) is 13.2 Å². The maximum absolute atomic E-state index is 12.3. The summed E-state index contributed by atoms with van der Waals surface area (Å²) in [6.07, 6.45) is -4.49. The second-order valence-electron chi connectivity index (χ2n) is 3.36. The smallest absolute Gasteiger partial charge is 0.407 e. The Hall–Kier alpha value is -1.56. The van der Waals surface area contributed by atoms with Crippen molar-refractivity contribution in [1.29, 1.82) is 0 Å². The summed E-state index contributed by atoms with van der Waals surface area (Å²) >= 11 is 0. The Morgan fingerprint density at radius 2 is 1.88 bits per heavy atom. The molecule has 1 atom stereocenters. The molecule has 17 heavy (non-hydrogen) atoms. The number of nitrogens with two attached hydrogens (primary N) is 1. The van der Waals surface area contributed by atoms with Gasteiger partial charge in [-0.15, -0.1) is 0 Å². The highest BCUT2D eigenvalue weighted by Crippen LogP contribution is 2.30. The third-order valence-corrected chi connectivity index (χ3v) is 2.13. The van der Waals surface area contributed by atoms with E-state index in [4.69, 9.17) is 10.5 Å². The molecule has 0 aliphatic heterocycles. The highest BCUT2D eigenvalue weighted by Gasteiger charge is 2.37. The van der Waals surface area contributed by atoms with Gasteiger partial charge < -0.3 is 10.5 Å². The van der Waals surface area contributed by atoms with Gasteiger partial charge in [-0.1, -0.05) is 12.1 Å². The zero-order valence-electron chi connectivity index (χ0n) is 9.12. The van der Waals surface area contributed by atoms with Crippen LogP contribution < -0.4 is 5.73 Å². The highest BCUT2D eigenvalue weighted by molar-refractivity contribution is 5.89. The minimum Gasteiger partial charge on any atom is -0.462 e. The van der Waals surface area contributed by atoms with E-state index in [1.54, 1.807) is 6.92 Å². The summed E-state index contributed by atoms with van der Waals surface area (Å²) in [7, 11) is 0. The fourth-order valence-electron chi connectivity index (χ4n) is 1.23. The number of carbonyl (C=O) groups is 1. The molecule has 0 fully saturated rings. The lowest BCUT2D eigenvalue weighted by atomic mass is 10.1. The predicted molar refractivity (Wildman–Crippen MR) is 55.4 cm³/mol. The molecule has 0 heterocycles. The molecule has 0 aromatic heterocycles. The van der Waals surface area contributed by atoms with Crippen molar-refractivity contribution < 1.29 is 22.7 Å². The van der Waals surface area contributed by atoms with Crippen LogP contribution in [0.3, 0.4) is 0 Å². The van der Waals surface area contributed by atoms with Crippen molar-refractivity contribution >= 4 is 5.97 Å². The van der Waals surface area contributed by atoms with E-state index in [0.717, 1.165) is 0 Å². The second kappa shape index (κ2) is 5.18. The molecule has 0 radical (unpaired) electrons. The number of alkyl halides is 3. The lowest BCUT2D eigenvalue weighted by Gasteiger charge is -2.15. The number of ether oxygens (including phenoxy) is 1. The molecule has 0 saturated carbocycles. The molecule has 0 amide bonds. The molecule has 2 N–H and O–H groups in total. The van der Waals surface area contributed by atoms with Crippen molar-refractivity contribution in [3.63, 3.8) is 0 Å². The number of halogens is 3. The summed E-state index contributed by atoms with van der Waals surface area (Å²) in [5, 5.41) is 0. The third-order valence-electron chi connectivity index (χ3n) is 2.13. The number of hydrogen-bond acceptors (Lipinski definition) is 3. The average Bonchev–Trinajstić information content (AvgIpc) is 2.27. The van der Waals surface area contributed by atoms with Gasteiger partial charge in [0.2, 0.25) is 0 Å². The van der Waals surface area contributed by atoms with Gasteiger partial charge in [0.05, 0.1) is 12.2 Å². The Labute approximate surface area is 96.4 Å². The van der Waals surface area contributed by atoms with E-state index in [1.165, 1.54) is 24.3 Å². The van der Waals surface area contributed by atoms with E-state index in [0.29, 0.717) is 0 Å². The number of esters is 1. The summed E-state index contributed by atoms with van der Waals surface area (Å²) in [6, 6.07) is 2.82. The third kappa shape index (κ3) is 3.45. The van der Waals surface area contributed by atoms with Gasteiger partial charge >= 0.3 is 12.1 Å². The first-order valence-corrected chi connectivity index (χ1v) is 4.95. The Bertz CT molecular complexity index is 387. The minimum atomic E-state index is -4.49. The largest absolute Gasteiger partial charge is 0.462 e. The molecule has 0 aliphatic carbocycles. The molecule has 0 spiro atoms. The van der Waals surface area contributed by atoms with Crippen LogP contribution in [0.15, 0.2) is 24.3 Å². The molecule has 0 bridgehead atoms. The number of carbonyl (C=O) groups excluding carboxylic acids is 1. The lowest BCUT2D eigenvalue weighted by molar-refractivity contribution is -0.149. The first-order valence-electron chi connectivity index (χ1n) is 4.95. The van der Waals surface area contributed by atoms with Crippen LogP contribution in [-0.2, 0) is 4.74 Å². The van der Waals surface area contributed by atoms with Gasteiger partial charge in [0, 0.05) is 0 Å². The summed E-state index contributed by atoms with van der Waals surface area (Å²) in [6.45, 7) is 1.86. The topological polar surface area (TPSA) is 52.3 Å². The van der Waals surface area contributed by atoms with Crippen LogP contribution in [0.2, 0.25) is 0 Å². The van der Waals surface area contributed by atoms with Gasteiger partial charge in [0.25, 0.3) is 0 Å². The Kier molecular flexibility index (Phi) is 4.11. The SMILES string of the molecule is CCOC(=O)c1ccc([C@@H](N)C(F)(F)F)cc1. The molecular weight excluding hydrogens is 235 g/mol. The molecule has 1 aromatic carbocycles. The summed E-state index contributed by atoms with van der Waals surface area (Å²) in [5.41, 5.74) is 5.12. The average molecular weight is 247 g/mol. The van der Waals surface area contributed by atoms with Crippen LogP contribution in [0.25, 0.3) is 0 Å². The standard InChI is InChI=1S/C11H12F3NO2/c1-2-17-10(16)8-5-3-7(4-6-8)9(15)11(12,13)14/h3-6,9H,2,15H2,1H3/t9-/m1/s1. The van der Waals surface area contributed by atoms with Crippen LogP contribution in [0, 0.1) is 0 Å². The van der Waals surface area contributed by atoms with E-state index in [-0.39, 0.29) is 17.7 Å². The molecule has 6 heteroatoms. The fourth-order valence-corrected chi connectivity index (χ4v) is 1.23. The zero-order valence-corrected chi connectivity index (χ0v) is 9.12. The second-order valence-corrected chi connectivity index (χ2v) is 3.36. The monoisotopic (exact) mass is 247 g/mol. The molecular formula is C11H12F3NO2. The van der Waals surface area contributed by atoms with E-state index in [9.17, 15) is 18.0 Å². The van der Waals surface area contributed by atoms with Crippen LogP contribution in [0.1, 0.15) is 28.9 Å². The molecule has 0 saturated heterocycles. The van der Waals surface area contributed by atoms with Crippen molar-refractivity contribution in [2.24, 2.45) is 5.73 Å². The normalized spacial score (nSPS) is 13.2. The summed E-state index contributed by atoms with van der Waals surface area (Å²) < 4.78 is 41.6. The number of rotatable bonds is 3. The van der Waals surface area contributed by atoms with Gasteiger partial charge in [-0.3, -0.25) is 0 Å². The lowest BCUT2D eigenvalue weighted by Crippen LogP contribution is -2.28. The van der Waals surface area contributed by atoms with E-state index in [1.807, 2.05) is 0 Å².